The number of ether oxygens (including phenoxy) is 1. The SMILES string of the molecule is COc1ccc(NC(=O)c2ccc(Br)cc2O)cc1N. The minimum atomic E-state index is -0.417. The Bertz CT molecular complexity index is 659. The summed E-state index contributed by atoms with van der Waals surface area (Å²) in [6.45, 7) is 0. The lowest BCUT2D eigenvalue weighted by Crippen LogP contribution is -2.12. The fourth-order valence-corrected chi connectivity index (χ4v) is 2.06. The number of hydrogen-bond acceptors (Lipinski definition) is 4. The van der Waals surface area contributed by atoms with E-state index in [1.54, 1.807) is 24.3 Å². The third kappa shape index (κ3) is 3.03. The van der Waals surface area contributed by atoms with Gasteiger partial charge in [0, 0.05) is 10.2 Å². The molecule has 20 heavy (non-hydrogen) atoms. The highest BCUT2D eigenvalue weighted by Gasteiger charge is 2.12. The van der Waals surface area contributed by atoms with E-state index in [1.165, 1.54) is 19.2 Å². The number of benzene rings is 2. The summed E-state index contributed by atoms with van der Waals surface area (Å²) in [5, 5.41) is 12.4. The predicted molar refractivity (Wildman–Crippen MR) is 81.2 cm³/mol. The molecule has 2 aromatic carbocycles. The molecular weight excluding hydrogens is 324 g/mol. The van der Waals surface area contributed by atoms with Crippen LogP contribution in [0.1, 0.15) is 10.4 Å². The number of nitrogens with one attached hydrogen (secondary N) is 1. The minimum Gasteiger partial charge on any atom is -0.507 e. The summed E-state index contributed by atoms with van der Waals surface area (Å²) in [4.78, 5) is 12.1. The topological polar surface area (TPSA) is 84.6 Å². The van der Waals surface area contributed by atoms with Crippen molar-refractivity contribution in [2.75, 3.05) is 18.2 Å². The second-order valence-electron chi connectivity index (χ2n) is 4.07. The van der Waals surface area contributed by atoms with Crippen LogP contribution in [0.5, 0.6) is 11.5 Å². The molecule has 0 saturated heterocycles. The standard InChI is InChI=1S/C14H13BrN2O3/c1-20-13-5-3-9(7-11(13)16)17-14(19)10-4-2-8(15)6-12(10)18/h2-7,18H,16H2,1H3,(H,17,19). The summed E-state index contributed by atoms with van der Waals surface area (Å²) >= 11 is 3.22. The van der Waals surface area contributed by atoms with Gasteiger partial charge >= 0.3 is 0 Å². The van der Waals surface area contributed by atoms with Gasteiger partial charge in [-0.15, -0.1) is 0 Å². The molecule has 2 rings (SSSR count). The van der Waals surface area contributed by atoms with Gasteiger partial charge < -0.3 is 20.9 Å². The van der Waals surface area contributed by atoms with Crippen molar-refractivity contribution in [3.8, 4) is 11.5 Å². The molecule has 5 nitrogen and oxygen atoms in total. The Balaban J connectivity index is 2.21. The average molecular weight is 337 g/mol. The van der Waals surface area contributed by atoms with E-state index in [-0.39, 0.29) is 11.3 Å². The number of methoxy groups -OCH3 is 1. The highest BCUT2D eigenvalue weighted by atomic mass is 79.9. The molecule has 0 aliphatic carbocycles. The van der Waals surface area contributed by atoms with Gasteiger partial charge in [-0.2, -0.15) is 0 Å². The molecule has 0 bridgehead atoms. The second-order valence-corrected chi connectivity index (χ2v) is 4.99. The molecule has 0 radical (unpaired) electrons. The van der Waals surface area contributed by atoms with Gasteiger partial charge in [0.1, 0.15) is 11.5 Å². The average Bonchev–Trinajstić information content (AvgIpc) is 2.38. The summed E-state index contributed by atoms with van der Waals surface area (Å²) in [5.74, 6) is 0.0208. The second kappa shape index (κ2) is 5.83. The maximum Gasteiger partial charge on any atom is 0.259 e. The van der Waals surface area contributed by atoms with Gasteiger partial charge in [-0.05, 0) is 36.4 Å². The lowest BCUT2D eigenvalue weighted by atomic mass is 10.2. The molecule has 0 saturated carbocycles. The Kier molecular flexibility index (Phi) is 4.14. The van der Waals surface area contributed by atoms with Crippen molar-refractivity contribution in [2.24, 2.45) is 0 Å². The molecule has 0 aliphatic heterocycles. The molecule has 1 amide bonds. The molecule has 6 heteroatoms. The highest BCUT2D eigenvalue weighted by molar-refractivity contribution is 9.10. The fourth-order valence-electron chi connectivity index (χ4n) is 1.71. The number of halogens is 1. The van der Waals surface area contributed by atoms with Gasteiger partial charge in [0.2, 0.25) is 0 Å². The fraction of sp³-hybridized carbons (Fsp3) is 0.0714. The maximum atomic E-state index is 12.1. The smallest absolute Gasteiger partial charge is 0.259 e. The number of aromatic hydroxyl groups is 1. The van der Waals surface area contributed by atoms with Crippen molar-refractivity contribution in [3.63, 3.8) is 0 Å². The number of nitrogen functional groups attached to an aromatic ring is 1. The van der Waals surface area contributed by atoms with Crippen molar-refractivity contribution < 1.29 is 14.6 Å². The Morgan fingerprint density at radius 3 is 2.65 bits per heavy atom. The number of rotatable bonds is 3. The zero-order valence-electron chi connectivity index (χ0n) is 10.7. The normalized spacial score (nSPS) is 10.1. The van der Waals surface area contributed by atoms with Crippen LogP contribution in [0.3, 0.4) is 0 Å². The number of carbonyl (C=O) groups excluding carboxylic acids is 1. The third-order valence-corrected chi connectivity index (χ3v) is 3.19. The number of carbonyl (C=O) groups is 1. The number of hydrogen-bond donors (Lipinski definition) is 3. The van der Waals surface area contributed by atoms with Gasteiger partial charge in [-0.3, -0.25) is 4.79 Å². The molecule has 4 N–H and O–H groups in total. The van der Waals surface area contributed by atoms with Gasteiger partial charge in [-0.1, -0.05) is 15.9 Å². The van der Waals surface area contributed by atoms with Crippen LogP contribution >= 0.6 is 15.9 Å². The van der Waals surface area contributed by atoms with Crippen LogP contribution in [0.4, 0.5) is 11.4 Å². The summed E-state index contributed by atoms with van der Waals surface area (Å²) in [6, 6.07) is 9.58. The highest BCUT2D eigenvalue weighted by Crippen LogP contribution is 2.26. The first kappa shape index (κ1) is 14.2. The van der Waals surface area contributed by atoms with Crippen molar-refractivity contribution in [1.82, 2.24) is 0 Å². The Morgan fingerprint density at radius 2 is 2.05 bits per heavy atom. The van der Waals surface area contributed by atoms with E-state index in [0.29, 0.717) is 21.6 Å². The van der Waals surface area contributed by atoms with Crippen LogP contribution in [0, 0.1) is 0 Å². The number of nitrogens with two attached hydrogens (primary N) is 1. The van der Waals surface area contributed by atoms with E-state index in [4.69, 9.17) is 10.5 Å². The first-order valence-electron chi connectivity index (χ1n) is 5.74. The van der Waals surface area contributed by atoms with E-state index >= 15 is 0 Å². The number of phenols is 1. The summed E-state index contributed by atoms with van der Waals surface area (Å²) < 4.78 is 5.73. The van der Waals surface area contributed by atoms with Crippen molar-refractivity contribution >= 4 is 33.2 Å². The molecule has 104 valence electrons. The molecule has 0 heterocycles. The molecule has 0 aliphatic rings. The third-order valence-electron chi connectivity index (χ3n) is 2.69. The van der Waals surface area contributed by atoms with E-state index in [0.717, 1.165) is 0 Å². The Labute approximate surface area is 124 Å². The van der Waals surface area contributed by atoms with Gasteiger partial charge in [-0.25, -0.2) is 0 Å². The predicted octanol–water partition coefficient (Wildman–Crippen LogP) is 3.00. The Hall–Kier alpha value is -2.21. The lowest BCUT2D eigenvalue weighted by molar-refractivity contribution is 0.102. The molecule has 0 atom stereocenters. The zero-order chi connectivity index (χ0) is 14.7. The molecule has 2 aromatic rings. The lowest BCUT2D eigenvalue weighted by Gasteiger charge is -2.09. The number of anilines is 2. The van der Waals surface area contributed by atoms with Crippen molar-refractivity contribution in [1.29, 1.82) is 0 Å². The minimum absolute atomic E-state index is 0.0987. The van der Waals surface area contributed by atoms with Crippen LogP contribution in [0.15, 0.2) is 40.9 Å². The molecule has 0 fully saturated rings. The van der Waals surface area contributed by atoms with Crippen LogP contribution in [-0.2, 0) is 0 Å². The molecular formula is C14H13BrN2O3. The maximum absolute atomic E-state index is 12.1. The van der Waals surface area contributed by atoms with E-state index in [9.17, 15) is 9.90 Å². The van der Waals surface area contributed by atoms with E-state index in [2.05, 4.69) is 21.2 Å². The molecule has 0 spiro atoms. The van der Waals surface area contributed by atoms with Crippen LogP contribution in [0.25, 0.3) is 0 Å². The monoisotopic (exact) mass is 336 g/mol. The van der Waals surface area contributed by atoms with Crippen molar-refractivity contribution in [3.05, 3.63) is 46.4 Å². The summed E-state index contributed by atoms with van der Waals surface area (Å²) in [6.07, 6.45) is 0. The quantitative estimate of drug-likeness (QED) is 0.752. The first-order valence-corrected chi connectivity index (χ1v) is 6.54. The van der Waals surface area contributed by atoms with Crippen molar-refractivity contribution in [2.45, 2.75) is 0 Å². The Morgan fingerprint density at radius 1 is 1.30 bits per heavy atom. The number of amides is 1. The first-order chi connectivity index (χ1) is 9.51. The summed E-state index contributed by atoms with van der Waals surface area (Å²) in [7, 11) is 1.52. The summed E-state index contributed by atoms with van der Waals surface area (Å²) in [5.41, 5.74) is 6.89. The molecule has 0 aromatic heterocycles. The van der Waals surface area contributed by atoms with Gasteiger partial charge in [0.15, 0.2) is 0 Å². The van der Waals surface area contributed by atoms with Gasteiger partial charge in [0.05, 0.1) is 18.4 Å². The van der Waals surface area contributed by atoms with Gasteiger partial charge in [0.25, 0.3) is 5.91 Å². The largest absolute Gasteiger partial charge is 0.507 e. The molecule has 0 unspecified atom stereocenters. The van der Waals surface area contributed by atoms with Crippen LogP contribution in [0.2, 0.25) is 0 Å². The van der Waals surface area contributed by atoms with Crippen LogP contribution in [-0.4, -0.2) is 18.1 Å². The van der Waals surface area contributed by atoms with Crippen LogP contribution < -0.4 is 15.8 Å². The zero-order valence-corrected chi connectivity index (χ0v) is 12.3. The van der Waals surface area contributed by atoms with E-state index in [1.807, 2.05) is 0 Å². The number of phenolic OH excluding ortho intramolecular Hbond substituents is 1. The van der Waals surface area contributed by atoms with E-state index < -0.39 is 5.91 Å².